The zero-order valence-electron chi connectivity index (χ0n) is 22.1. The molecule has 0 radical (unpaired) electrons. The Morgan fingerprint density at radius 2 is 2.17 bits per heavy atom. The molecule has 1 aliphatic carbocycles. The zero-order chi connectivity index (χ0) is 27.7. The second-order valence-electron chi connectivity index (χ2n) is 10.2. The minimum absolute atomic E-state index is 0.131. The summed E-state index contributed by atoms with van der Waals surface area (Å²) in [6.45, 7) is -0.224. The molecule has 0 saturated carbocycles. The van der Waals surface area contributed by atoms with Crippen LogP contribution in [0.25, 0.3) is 11.0 Å². The number of aromatic nitrogens is 2. The topological polar surface area (TPSA) is 133 Å². The quantitative estimate of drug-likeness (QED) is 0.526. The molecule has 3 aliphatic heterocycles. The van der Waals surface area contributed by atoms with Gasteiger partial charge in [-0.05, 0) is 43.4 Å². The van der Waals surface area contributed by atoms with Gasteiger partial charge in [-0.25, -0.2) is 14.7 Å². The highest BCUT2D eigenvalue weighted by Crippen LogP contribution is 2.42. The molecule has 11 heteroatoms. The molecular weight excluding hydrogens is 518 g/mol. The summed E-state index contributed by atoms with van der Waals surface area (Å²) >= 11 is 0. The van der Waals surface area contributed by atoms with Crippen LogP contribution in [-0.4, -0.2) is 69.2 Å². The van der Waals surface area contributed by atoms with Crippen molar-refractivity contribution in [3.05, 3.63) is 77.9 Å². The van der Waals surface area contributed by atoms with Gasteiger partial charge in [0.2, 0.25) is 11.8 Å². The minimum Gasteiger partial charge on any atom is -0.481 e. The standard InChI is InChI=1S/C29H31N3O8/c1-36-25-8-7-21-27(31-25)20(10-12-30-21)22(34)13-19-9-11-29(24(14-33)38-19)17-32(28(35)40-29)26-16-37-15-23(39-26)18-5-3-2-4-6-18/h2-3,5,7-8,10,12,15-16,19,22,24,33-34H,4,6,9,11,13-14,17H2,1H3/t19-,22-,24+,29+/m0/s1. The molecule has 2 fully saturated rings. The normalized spacial score (nSPS) is 26.9. The van der Waals surface area contributed by atoms with Crippen molar-refractivity contribution >= 4 is 17.1 Å². The van der Waals surface area contributed by atoms with Gasteiger partial charge >= 0.3 is 6.09 Å². The van der Waals surface area contributed by atoms with Crippen molar-refractivity contribution in [1.82, 2.24) is 14.9 Å². The molecule has 2 aromatic rings. The van der Waals surface area contributed by atoms with Crippen LogP contribution in [0.3, 0.4) is 0 Å². The molecule has 4 aliphatic rings. The third kappa shape index (κ3) is 4.91. The summed E-state index contributed by atoms with van der Waals surface area (Å²) in [4.78, 5) is 23.2. The first-order chi connectivity index (χ1) is 19.5. The first kappa shape index (κ1) is 26.3. The zero-order valence-corrected chi connectivity index (χ0v) is 22.1. The van der Waals surface area contributed by atoms with E-state index in [1.807, 2.05) is 12.2 Å². The molecule has 0 unspecified atom stereocenters. The Balaban J connectivity index is 1.13. The lowest BCUT2D eigenvalue weighted by atomic mass is 9.85. The van der Waals surface area contributed by atoms with Gasteiger partial charge in [-0.2, -0.15) is 0 Å². The van der Waals surface area contributed by atoms with Crippen LogP contribution in [0.4, 0.5) is 4.79 Å². The number of allylic oxidation sites excluding steroid dienone is 4. The highest BCUT2D eigenvalue weighted by molar-refractivity contribution is 5.78. The molecule has 11 nitrogen and oxygen atoms in total. The Labute approximate surface area is 231 Å². The van der Waals surface area contributed by atoms with E-state index in [1.54, 1.807) is 24.4 Å². The monoisotopic (exact) mass is 549 g/mol. The maximum Gasteiger partial charge on any atom is 0.417 e. The SMILES string of the molecule is COc1ccc2nccc([C@@H](O)C[C@@H]3CC[C@@]4(CN(C5=COC=C(C6=CC=CCC6)O5)C(=O)O4)[C@@H](CO)O3)c2n1. The van der Waals surface area contributed by atoms with Crippen LogP contribution in [0, 0.1) is 0 Å². The van der Waals surface area contributed by atoms with Gasteiger partial charge in [0.05, 0.1) is 43.5 Å². The first-order valence-corrected chi connectivity index (χ1v) is 13.3. The van der Waals surface area contributed by atoms with Crippen LogP contribution < -0.4 is 4.74 Å². The van der Waals surface area contributed by atoms with E-state index in [-0.39, 0.29) is 31.6 Å². The van der Waals surface area contributed by atoms with Gasteiger partial charge in [0.25, 0.3) is 0 Å². The minimum atomic E-state index is -1.07. The maximum absolute atomic E-state index is 13.0. The third-order valence-electron chi connectivity index (χ3n) is 7.73. The van der Waals surface area contributed by atoms with Crippen LogP contribution in [0.5, 0.6) is 5.88 Å². The van der Waals surface area contributed by atoms with Gasteiger partial charge in [0, 0.05) is 24.2 Å². The van der Waals surface area contributed by atoms with Gasteiger partial charge in [0.1, 0.15) is 12.4 Å². The fraction of sp³-hybridized carbons (Fsp3) is 0.414. The lowest BCUT2D eigenvalue weighted by molar-refractivity contribution is -0.179. The highest BCUT2D eigenvalue weighted by atomic mass is 16.6. The summed E-state index contributed by atoms with van der Waals surface area (Å²) in [6, 6.07) is 5.24. The Bertz CT molecular complexity index is 1420. The van der Waals surface area contributed by atoms with E-state index >= 15 is 0 Å². The number of hydrogen-bond donors (Lipinski definition) is 2. The van der Waals surface area contributed by atoms with E-state index in [0.29, 0.717) is 41.1 Å². The number of rotatable bonds is 7. The van der Waals surface area contributed by atoms with Gasteiger partial charge in [0.15, 0.2) is 17.6 Å². The number of carbonyl (C=O) groups excluding carboxylic acids is 1. The predicted molar refractivity (Wildman–Crippen MR) is 141 cm³/mol. The molecule has 210 valence electrons. The number of nitrogens with zero attached hydrogens (tertiary/aromatic N) is 3. The van der Waals surface area contributed by atoms with E-state index in [1.165, 1.54) is 24.5 Å². The summed E-state index contributed by atoms with van der Waals surface area (Å²) in [6.07, 6.45) is 10.8. The van der Waals surface area contributed by atoms with Crippen molar-refractivity contribution in [3.63, 3.8) is 0 Å². The molecule has 1 spiro atoms. The van der Waals surface area contributed by atoms with Gasteiger partial charge < -0.3 is 33.9 Å². The van der Waals surface area contributed by atoms with Crippen molar-refractivity contribution in [2.45, 2.75) is 56.0 Å². The molecule has 2 aromatic heterocycles. The number of aliphatic hydroxyl groups is 2. The van der Waals surface area contributed by atoms with E-state index in [0.717, 1.165) is 18.4 Å². The van der Waals surface area contributed by atoms with Gasteiger partial charge in [-0.1, -0.05) is 18.2 Å². The van der Waals surface area contributed by atoms with Gasteiger partial charge in [-0.15, -0.1) is 0 Å². The van der Waals surface area contributed by atoms with E-state index < -0.39 is 23.9 Å². The van der Waals surface area contributed by atoms with Crippen LogP contribution in [0.15, 0.2) is 72.4 Å². The highest BCUT2D eigenvalue weighted by Gasteiger charge is 2.55. The second kappa shape index (κ2) is 10.9. The summed E-state index contributed by atoms with van der Waals surface area (Å²) in [5, 5.41) is 21.4. The summed E-state index contributed by atoms with van der Waals surface area (Å²) in [5.74, 6) is 1.19. The molecule has 40 heavy (non-hydrogen) atoms. The summed E-state index contributed by atoms with van der Waals surface area (Å²) in [7, 11) is 1.53. The number of carbonyl (C=O) groups is 1. The summed E-state index contributed by atoms with van der Waals surface area (Å²) in [5.41, 5.74) is 1.72. The van der Waals surface area contributed by atoms with E-state index in [9.17, 15) is 15.0 Å². The second-order valence-corrected chi connectivity index (χ2v) is 10.2. The lowest BCUT2D eigenvalue weighted by Crippen LogP contribution is -2.54. The van der Waals surface area contributed by atoms with Crippen LogP contribution in [-0.2, 0) is 18.9 Å². The molecule has 0 bridgehead atoms. The molecule has 2 saturated heterocycles. The predicted octanol–water partition coefficient (Wildman–Crippen LogP) is 3.76. The number of ether oxygens (including phenoxy) is 5. The molecule has 1 amide bonds. The fourth-order valence-corrected chi connectivity index (χ4v) is 5.60. The van der Waals surface area contributed by atoms with Crippen molar-refractivity contribution in [2.75, 3.05) is 20.3 Å². The fourth-order valence-electron chi connectivity index (χ4n) is 5.60. The average molecular weight is 550 g/mol. The third-order valence-corrected chi connectivity index (χ3v) is 7.73. The Morgan fingerprint density at radius 3 is 2.98 bits per heavy atom. The summed E-state index contributed by atoms with van der Waals surface area (Å²) < 4.78 is 28.8. The maximum atomic E-state index is 13.0. The van der Waals surface area contributed by atoms with Crippen LogP contribution in [0.1, 0.15) is 43.8 Å². The number of amides is 1. The molecule has 2 N–H and O–H groups in total. The van der Waals surface area contributed by atoms with Crippen molar-refractivity contribution < 1.29 is 38.7 Å². The van der Waals surface area contributed by atoms with E-state index in [2.05, 4.69) is 16.0 Å². The van der Waals surface area contributed by atoms with Crippen molar-refractivity contribution in [1.29, 1.82) is 0 Å². The molecular formula is C29H31N3O8. The van der Waals surface area contributed by atoms with Crippen LogP contribution >= 0.6 is 0 Å². The lowest BCUT2D eigenvalue weighted by Gasteiger charge is -2.42. The Hall–Kier alpha value is -3.93. The molecule has 4 atom stereocenters. The Morgan fingerprint density at radius 1 is 1.27 bits per heavy atom. The number of pyridine rings is 2. The van der Waals surface area contributed by atoms with Crippen LogP contribution in [0.2, 0.25) is 0 Å². The average Bonchev–Trinajstić information content (AvgIpc) is 3.34. The van der Waals surface area contributed by atoms with Crippen molar-refractivity contribution in [2.24, 2.45) is 0 Å². The number of fused-ring (bicyclic) bond motifs is 1. The van der Waals surface area contributed by atoms with Gasteiger partial charge in [-0.3, -0.25) is 4.98 Å². The molecule has 5 heterocycles. The number of hydrogen-bond acceptors (Lipinski definition) is 10. The number of aliphatic hydroxyl groups excluding tert-OH is 2. The first-order valence-electron chi connectivity index (χ1n) is 13.3. The number of methoxy groups -OCH3 is 1. The van der Waals surface area contributed by atoms with Crippen molar-refractivity contribution in [3.8, 4) is 5.88 Å². The molecule has 6 rings (SSSR count). The van der Waals surface area contributed by atoms with E-state index in [4.69, 9.17) is 23.7 Å². The smallest absolute Gasteiger partial charge is 0.417 e. The Kier molecular flexibility index (Phi) is 7.18. The molecule has 0 aromatic carbocycles. The largest absolute Gasteiger partial charge is 0.481 e.